The minimum absolute atomic E-state index is 0.0248. The van der Waals surface area contributed by atoms with Crippen molar-refractivity contribution in [2.24, 2.45) is 4.99 Å². The zero-order valence-electron chi connectivity index (χ0n) is 8.24. The van der Waals surface area contributed by atoms with Gasteiger partial charge in [0.15, 0.2) is 11.6 Å². The second-order valence-electron chi connectivity index (χ2n) is 3.50. The number of aliphatic hydroxyl groups is 2. The van der Waals surface area contributed by atoms with Gasteiger partial charge in [-0.2, -0.15) is 0 Å². The second-order valence-corrected chi connectivity index (χ2v) is 3.50. The predicted octanol–water partition coefficient (Wildman–Crippen LogP) is -1.37. The fraction of sp³-hybridized carbons (Fsp3) is 0. The number of ketones is 2. The highest BCUT2D eigenvalue weighted by atomic mass is 16.3. The van der Waals surface area contributed by atoms with E-state index in [1.807, 2.05) is 0 Å². The van der Waals surface area contributed by atoms with Crippen molar-refractivity contribution in [2.45, 2.75) is 0 Å². The van der Waals surface area contributed by atoms with Crippen molar-refractivity contribution >= 4 is 17.8 Å². The molecule has 0 fully saturated rings. The van der Waals surface area contributed by atoms with E-state index in [9.17, 15) is 19.8 Å². The first-order valence-electron chi connectivity index (χ1n) is 4.63. The van der Waals surface area contributed by atoms with Gasteiger partial charge in [-0.15, -0.1) is 0 Å². The molecule has 3 rings (SSSR count). The molecule has 0 saturated heterocycles. The highest BCUT2D eigenvalue weighted by Crippen LogP contribution is 2.19. The SMILES string of the molecule is O=C1C(=O)C(O)=C2NC3=C(NC(=C1O)N=C3)N2. The Labute approximate surface area is 94.0 Å². The van der Waals surface area contributed by atoms with Gasteiger partial charge in [0.1, 0.15) is 5.82 Å². The predicted molar refractivity (Wildman–Crippen MR) is 54.2 cm³/mol. The summed E-state index contributed by atoms with van der Waals surface area (Å²) in [5, 5.41) is 27.1. The molecule has 86 valence electrons. The standard InChI is InChI=1S/C9H6N4O4/c14-3-4(15)6(17)9-11-2-1-10-8(5(3)16)12-7(2)13-9/h1,11-13,16-17H. The van der Waals surface area contributed by atoms with Crippen LogP contribution >= 0.6 is 0 Å². The number of hydrogen-bond donors (Lipinski definition) is 5. The van der Waals surface area contributed by atoms with Crippen molar-refractivity contribution in [2.75, 3.05) is 0 Å². The number of fused-ring (bicyclic) bond motifs is 2. The number of nitrogens with zero attached hydrogens (tertiary/aromatic N) is 1. The number of rotatable bonds is 0. The zero-order chi connectivity index (χ0) is 12.2. The molecule has 0 aliphatic carbocycles. The van der Waals surface area contributed by atoms with Crippen molar-refractivity contribution in [1.82, 2.24) is 16.0 Å². The molecular formula is C9H6N4O4. The molecule has 0 aromatic rings. The Hall–Kier alpha value is -2.77. The van der Waals surface area contributed by atoms with Gasteiger partial charge in [0.05, 0.1) is 11.9 Å². The number of nitrogens with one attached hydrogen (secondary N) is 3. The van der Waals surface area contributed by atoms with Gasteiger partial charge in [0.25, 0.3) is 11.6 Å². The van der Waals surface area contributed by atoms with Gasteiger partial charge < -0.3 is 26.2 Å². The first-order chi connectivity index (χ1) is 8.08. The zero-order valence-corrected chi connectivity index (χ0v) is 8.24. The second kappa shape index (κ2) is 2.88. The van der Waals surface area contributed by atoms with Crippen LogP contribution in [-0.4, -0.2) is 28.0 Å². The van der Waals surface area contributed by atoms with Crippen LogP contribution in [0.5, 0.6) is 0 Å². The summed E-state index contributed by atoms with van der Waals surface area (Å²) in [6.07, 6.45) is 1.35. The molecule has 0 aromatic heterocycles. The Bertz CT molecular complexity index is 596. The van der Waals surface area contributed by atoms with Crippen LogP contribution in [0, 0.1) is 0 Å². The van der Waals surface area contributed by atoms with E-state index >= 15 is 0 Å². The first-order valence-corrected chi connectivity index (χ1v) is 4.63. The maximum absolute atomic E-state index is 11.5. The summed E-state index contributed by atoms with van der Waals surface area (Å²) in [7, 11) is 0. The lowest BCUT2D eigenvalue weighted by Crippen LogP contribution is -2.27. The summed E-state index contributed by atoms with van der Waals surface area (Å²) in [4.78, 5) is 26.8. The van der Waals surface area contributed by atoms with Crippen LogP contribution in [0.15, 0.2) is 39.7 Å². The third kappa shape index (κ3) is 1.14. The van der Waals surface area contributed by atoms with Crippen LogP contribution in [0.2, 0.25) is 0 Å². The maximum Gasteiger partial charge on any atom is 0.275 e. The van der Waals surface area contributed by atoms with E-state index in [4.69, 9.17) is 0 Å². The van der Waals surface area contributed by atoms with E-state index in [1.54, 1.807) is 0 Å². The molecule has 3 aliphatic heterocycles. The normalized spacial score (nSPS) is 22.1. The van der Waals surface area contributed by atoms with Gasteiger partial charge in [-0.3, -0.25) is 9.59 Å². The smallest absolute Gasteiger partial charge is 0.275 e. The molecule has 0 atom stereocenters. The first kappa shape index (κ1) is 9.46. The van der Waals surface area contributed by atoms with Gasteiger partial charge in [0, 0.05) is 0 Å². The van der Waals surface area contributed by atoms with Gasteiger partial charge >= 0.3 is 0 Å². The maximum atomic E-state index is 11.5. The minimum atomic E-state index is -1.23. The number of carbonyl (C=O) groups is 2. The van der Waals surface area contributed by atoms with Crippen LogP contribution in [-0.2, 0) is 9.59 Å². The number of Topliss-reactive ketones (excluding diaryl/α,β-unsaturated/α-hetero) is 2. The van der Waals surface area contributed by atoms with Gasteiger partial charge in [0.2, 0.25) is 11.5 Å². The van der Waals surface area contributed by atoms with Crippen LogP contribution in [0.1, 0.15) is 0 Å². The van der Waals surface area contributed by atoms with Crippen LogP contribution in [0.3, 0.4) is 0 Å². The fourth-order valence-electron chi connectivity index (χ4n) is 1.57. The van der Waals surface area contributed by atoms with E-state index < -0.39 is 23.1 Å². The summed E-state index contributed by atoms with van der Waals surface area (Å²) < 4.78 is 0. The molecule has 8 heteroatoms. The van der Waals surface area contributed by atoms with Crippen molar-refractivity contribution < 1.29 is 19.8 Å². The molecular weight excluding hydrogens is 228 g/mol. The molecule has 0 amide bonds. The van der Waals surface area contributed by atoms with Gasteiger partial charge in [-0.25, -0.2) is 4.99 Å². The Morgan fingerprint density at radius 2 is 1.65 bits per heavy atom. The largest absolute Gasteiger partial charge is 0.502 e. The van der Waals surface area contributed by atoms with Crippen molar-refractivity contribution in [3.8, 4) is 0 Å². The number of carbonyl (C=O) groups excluding carboxylic acids is 2. The Morgan fingerprint density at radius 1 is 0.941 bits per heavy atom. The molecule has 0 radical (unpaired) electrons. The molecule has 17 heavy (non-hydrogen) atoms. The van der Waals surface area contributed by atoms with E-state index in [2.05, 4.69) is 20.9 Å². The summed E-state index contributed by atoms with van der Waals surface area (Å²) in [6, 6.07) is 0. The Morgan fingerprint density at radius 3 is 2.41 bits per heavy atom. The minimum Gasteiger partial charge on any atom is -0.502 e. The van der Waals surface area contributed by atoms with Crippen molar-refractivity contribution in [3.63, 3.8) is 0 Å². The number of allylic oxidation sites excluding steroid dienone is 3. The van der Waals surface area contributed by atoms with Crippen molar-refractivity contribution in [3.05, 3.63) is 34.7 Å². The summed E-state index contributed by atoms with van der Waals surface area (Å²) >= 11 is 0. The highest BCUT2D eigenvalue weighted by molar-refractivity contribution is 6.48. The van der Waals surface area contributed by atoms with Crippen LogP contribution in [0.4, 0.5) is 0 Å². The molecule has 0 spiro atoms. The number of aliphatic hydroxyl groups excluding tert-OH is 2. The molecule has 8 nitrogen and oxygen atoms in total. The van der Waals surface area contributed by atoms with E-state index in [1.165, 1.54) is 6.21 Å². The van der Waals surface area contributed by atoms with E-state index in [-0.39, 0.29) is 11.6 Å². The third-order valence-electron chi connectivity index (χ3n) is 2.44. The number of hydrogen-bond acceptors (Lipinski definition) is 8. The Balaban J connectivity index is 2.26. The average Bonchev–Trinajstić information content (AvgIpc) is 2.77. The third-order valence-corrected chi connectivity index (χ3v) is 2.44. The molecule has 3 heterocycles. The van der Waals surface area contributed by atoms with Gasteiger partial charge in [-0.05, 0) is 0 Å². The quantitative estimate of drug-likeness (QED) is 0.327. The van der Waals surface area contributed by atoms with Crippen LogP contribution < -0.4 is 16.0 Å². The summed E-state index contributed by atoms with van der Waals surface area (Å²) in [5.74, 6) is -3.83. The molecule has 3 aliphatic rings. The molecule has 5 N–H and O–H groups in total. The lowest BCUT2D eigenvalue weighted by molar-refractivity contribution is -0.135. The number of aliphatic imine (C=N–C) groups is 1. The summed E-state index contributed by atoms with van der Waals surface area (Å²) in [5.41, 5.74) is 0.491. The molecule has 0 unspecified atom stereocenters. The molecule has 0 aromatic carbocycles. The molecule has 3 bridgehead atoms. The fourth-order valence-corrected chi connectivity index (χ4v) is 1.57. The molecule has 0 saturated carbocycles. The highest BCUT2D eigenvalue weighted by Gasteiger charge is 2.34. The van der Waals surface area contributed by atoms with Crippen LogP contribution in [0.25, 0.3) is 0 Å². The van der Waals surface area contributed by atoms with Crippen molar-refractivity contribution in [1.29, 1.82) is 0 Å². The lowest BCUT2D eigenvalue weighted by Gasteiger charge is -2.12. The summed E-state index contributed by atoms with van der Waals surface area (Å²) in [6.45, 7) is 0. The van der Waals surface area contributed by atoms with Gasteiger partial charge in [-0.1, -0.05) is 0 Å². The topological polar surface area (TPSA) is 123 Å². The average molecular weight is 234 g/mol. The van der Waals surface area contributed by atoms with E-state index in [0.29, 0.717) is 11.5 Å². The Kier molecular flexibility index (Phi) is 1.60. The van der Waals surface area contributed by atoms with E-state index in [0.717, 1.165) is 0 Å². The monoisotopic (exact) mass is 234 g/mol. The lowest BCUT2D eigenvalue weighted by atomic mass is 10.1.